The first-order valence-corrected chi connectivity index (χ1v) is 14.1. The van der Waals surface area contributed by atoms with E-state index in [0.717, 1.165) is 28.9 Å². The number of hydrogen-bond donors (Lipinski definition) is 0. The Morgan fingerprint density at radius 2 is 1.78 bits per heavy atom. The summed E-state index contributed by atoms with van der Waals surface area (Å²) in [4.78, 5) is 22.5. The number of carbonyl (C=O) groups excluding carboxylic acids is 1. The van der Waals surface area contributed by atoms with E-state index in [9.17, 15) is 13.2 Å². The van der Waals surface area contributed by atoms with Crippen LogP contribution in [0.3, 0.4) is 0 Å². The van der Waals surface area contributed by atoms with Gasteiger partial charge in [0, 0.05) is 13.1 Å². The minimum atomic E-state index is -3.85. The molecular weight excluding hydrogens is 500 g/mol. The largest absolute Gasteiger partial charge is 0.497 e. The van der Waals surface area contributed by atoms with E-state index in [4.69, 9.17) is 14.5 Å². The van der Waals surface area contributed by atoms with Crippen molar-refractivity contribution in [2.75, 3.05) is 52.8 Å². The summed E-state index contributed by atoms with van der Waals surface area (Å²) in [6.45, 7) is 1.54. The number of carbonyl (C=O) groups is 1. The fourth-order valence-electron chi connectivity index (χ4n) is 4.32. The number of nitrogens with zero attached hydrogens (tertiary/aromatic N) is 4. The zero-order valence-electron chi connectivity index (χ0n) is 21.0. The lowest BCUT2D eigenvalue weighted by Gasteiger charge is -2.29. The van der Waals surface area contributed by atoms with Crippen molar-refractivity contribution in [1.82, 2.24) is 14.2 Å². The normalized spacial score (nSPS) is 16.5. The van der Waals surface area contributed by atoms with Crippen molar-refractivity contribution >= 4 is 42.6 Å². The first-order valence-electron chi connectivity index (χ1n) is 11.8. The van der Waals surface area contributed by atoms with Crippen LogP contribution in [0.25, 0.3) is 10.2 Å². The molecule has 0 radical (unpaired) electrons. The average molecular weight is 533 g/mol. The Hall–Kier alpha value is -2.73. The van der Waals surface area contributed by atoms with E-state index in [1.807, 2.05) is 32.3 Å². The summed E-state index contributed by atoms with van der Waals surface area (Å²) in [5, 5.41) is 0.565. The van der Waals surface area contributed by atoms with Crippen molar-refractivity contribution in [2.45, 2.75) is 30.2 Å². The van der Waals surface area contributed by atoms with Gasteiger partial charge in [-0.3, -0.25) is 9.69 Å². The number of anilines is 1. The topological polar surface area (TPSA) is 92.3 Å². The molecule has 2 aromatic carbocycles. The number of amides is 1. The smallest absolute Gasteiger partial charge is 0.247 e. The molecule has 1 aliphatic heterocycles. The zero-order valence-corrected chi connectivity index (χ0v) is 22.6. The predicted molar refractivity (Wildman–Crippen MR) is 142 cm³/mol. The average Bonchev–Trinajstić information content (AvgIpc) is 3.53. The van der Waals surface area contributed by atoms with Crippen molar-refractivity contribution < 1.29 is 22.7 Å². The van der Waals surface area contributed by atoms with E-state index >= 15 is 0 Å². The summed E-state index contributed by atoms with van der Waals surface area (Å²) >= 11 is 1.41. The van der Waals surface area contributed by atoms with Gasteiger partial charge in [-0.1, -0.05) is 11.3 Å². The van der Waals surface area contributed by atoms with E-state index in [-0.39, 0.29) is 10.8 Å². The fraction of sp³-hybridized carbons (Fsp3) is 0.440. The number of sulfonamides is 1. The van der Waals surface area contributed by atoms with Gasteiger partial charge in [-0.15, -0.1) is 0 Å². The van der Waals surface area contributed by atoms with Crippen LogP contribution in [0.1, 0.15) is 19.3 Å². The van der Waals surface area contributed by atoms with Crippen LogP contribution in [0.2, 0.25) is 0 Å². The van der Waals surface area contributed by atoms with Crippen molar-refractivity contribution in [2.24, 2.45) is 0 Å². The molecule has 3 aromatic rings. The fourth-order valence-corrected chi connectivity index (χ4v) is 6.99. The first-order chi connectivity index (χ1) is 17.2. The number of fused-ring (bicyclic) bond motifs is 1. The molecule has 36 heavy (non-hydrogen) atoms. The highest BCUT2D eigenvalue weighted by atomic mass is 32.2. The van der Waals surface area contributed by atoms with E-state index in [2.05, 4.69) is 4.90 Å². The Bertz CT molecular complexity index is 1310. The number of methoxy groups -OCH3 is 2. The van der Waals surface area contributed by atoms with Crippen molar-refractivity contribution in [3.8, 4) is 11.5 Å². The predicted octanol–water partition coefficient (Wildman–Crippen LogP) is 3.45. The summed E-state index contributed by atoms with van der Waals surface area (Å²) in [7, 11) is 3.25. The number of hydrogen-bond acceptors (Lipinski definition) is 8. The number of thiazole rings is 1. The van der Waals surface area contributed by atoms with Crippen molar-refractivity contribution in [3.63, 3.8) is 0 Å². The quantitative estimate of drug-likeness (QED) is 0.395. The third-order valence-corrected chi connectivity index (χ3v) is 9.19. The molecule has 0 bridgehead atoms. The van der Waals surface area contributed by atoms with Gasteiger partial charge >= 0.3 is 0 Å². The van der Waals surface area contributed by atoms with Gasteiger partial charge in [-0.25, -0.2) is 13.4 Å². The molecule has 1 aromatic heterocycles. The lowest BCUT2D eigenvalue weighted by molar-refractivity contribution is -0.121. The maximum absolute atomic E-state index is 13.9. The number of aromatic nitrogens is 1. The van der Waals surface area contributed by atoms with Crippen molar-refractivity contribution in [3.05, 3.63) is 42.5 Å². The molecule has 11 heteroatoms. The van der Waals surface area contributed by atoms with Crippen LogP contribution in [0, 0.1) is 0 Å². The summed E-state index contributed by atoms with van der Waals surface area (Å²) < 4.78 is 39.7. The Labute approximate surface area is 216 Å². The molecule has 4 rings (SSSR count). The van der Waals surface area contributed by atoms with E-state index in [0.29, 0.717) is 36.8 Å². The maximum atomic E-state index is 13.9. The van der Waals surface area contributed by atoms with Gasteiger partial charge in [-0.2, -0.15) is 4.31 Å². The minimum Gasteiger partial charge on any atom is -0.497 e. The van der Waals surface area contributed by atoms with Crippen LogP contribution >= 0.6 is 11.3 Å². The SMILES string of the molecule is COc1ccc(S(=O)(=O)N2CCCC2C(=O)N(CCCN(C)C)c2nc3ccc(OC)cc3s2)cc1. The summed E-state index contributed by atoms with van der Waals surface area (Å²) in [6, 6.07) is 11.1. The van der Waals surface area contributed by atoms with E-state index < -0.39 is 16.1 Å². The van der Waals surface area contributed by atoms with Gasteiger partial charge in [0.25, 0.3) is 0 Å². The number of benzene rings is 2. The summed E-state index contributed by atoms with van der Waals surface area (Å²) in [6.07, 6.45) is 1.82. The molecule has 1 amide bonds. The lowest BCUT2D eigenvalue weighted by atomic mass is 10.2. The van der Waals surface area contributed by atoms with Crippen LogP contribution in [-0.2, 0) is 14.8 Å². The van der Waals surface area contributed by atoms with Gasteiger partial charge in [0.1, 0.15) is 17.5 Å². The lowest BCUT2D eigenvalue weighted by Crippen LogP contribution is -2.48. The molecule has 2 heterocycles. The highest BCUT2D eigenvalue weighted by Crippen LogP contribution is 2.34. The highest BCUT2D eigenvalue weighted by molar-refractivity contribution is 7.89. The Kier molecular flexibility index (Phi) is 8.13. The molecule has 0 saturated carbocycles. The standard InChI is InChI=1S/C25H32N4O5S2/c1-27(2)14-6-15-28(25-26-21-13-10-19(34-4)17-23(21)35-25)24(30)22-7-5-16-29(22)36(31,32)20-11-8-18(33-3)9-12-20/h8-13,17,22H,5-7,14-16H2,1-4H3. The second-order valence-electron chi connectivity index (χ2n) is 8.93. The van der Waals surface area contributed by atoms with Crippen LogP contribution in [0.15, 0.2) is 47.4 Å². The molecule has 1 atom stereocenters. The van der Waals surface area contributed by atoms with Crippen LogP contribution in [0.4, 0.5) is 5.13 Å². The van der Waals surface area contributed by atoms with Crippen molar-refractivity contribution in [1.29, 1.82) is 0 Å². The molecule has 194 valence electrons. The molecule has 1 saturated heterocycles. The molecule has 1 fully saturated rings. The van der Waals surface area contributed by atoms with Gasteiger partial charge in [0.15, 0.2) is 5.13 Å². The first kappa shape index (κ1) is 26.3. The maximum Gasteiger partial charge on any atom is 0.247 e. The van der Waals surface area contributed by atoms with E-state index in [1.165, 1.54) is 34.9 Å². The number of ether oxygens (including phenoxy) is 2. The summed E-state index contributed by atoms with van der Waals surface area (Å²) in [5.74, 6) is 1.05. The molecule has 0 aliphatic carbocycles. The van der Waals surface area contributed by atoms with Crippen LogP contribution in [0.5, 0.6) is 11.5 Å². The monoisotopic (exact) mass is 532 g/mol. The minimum absolute atomic E-state index is 0.147. The molecule has 0 N–H and O–H groups in total. The second kappa shape index (κ2) is 11.1. The molecule has 1 aliphatic rings. The van der Waals surface area contributed by atoms with Gasteiger partial charge in [-0.05, 0) is 82.4 Å². The Morgan fingerprint density at radius 1 is 1.08 bits per heavy atom. The highest BCUT2D eigenvalue weighted by Gasteiger charge is 2.42. The van der Waals surface area contributed by atoms with Crippen LogP contribution in [-0.4, -0.2) is 82.5 Å². The Balaban J connectivity index is 1.65. The second-order valence-corrected chi connectivity index (χ2v) is 11.8. The molecular formula is C25H32N4O5S2. The van der Waals surface area contributed by atoms with Gasteiger partial charge in [0.2, 0.25) is 15.9 Å². The molecule has 9 nitrogen and oxygen atoms in total. The van der Waals surface area contributed by atoms with Gasteiger partial charge in [0.05, 0.1) is 29.3 Å². The zero-order chi connectivity index (χ0) is 25.9. The van der Waals surface area contributed by atoms with E-state index in [1.54, 1.807) is 24.1 Å². The molecule has 1 unspecified atom stereocenters. The Morgan fingerprint density at radius 3 is 2.44 bits per heavy atom. The third kappa shape index (κ3) is 5.49. The van der Waals surface area contributed by atoms with Gasteiger partial charge < -0.3 is 14.4 Å². The summed E-state index contributed by atoms with van der Waals surface area (Å²) in [5.41, 5.74) is 0.773. The number of rotatable bonds is 10. The van der Waals surface area contributed by atoms with Crippen LogP contribution < -0.4 is 14.4 Å². The molecule has 0 spiro atoms. The third-order valence-electron chi connectivity index (χ3n) is 6.22.